The number of hydrogen-bond acceptors (Lipinski definition) is 5. The first kappa shape index (κ1) is 20.0. The molecule has 1 fully saturated rings. The van der Waals surface area contributed by atoms with Gasteiger partial charge in [-0.1, -0.05) is 12.1 Å². The molecule has 0 saturated carbocycles. The number of carbonyl (C=O) groups excluding carboxylic acids is 2. The van der Waals surface area contributed by atoms with Crippen LogP contribution in [0.5, 0.6) is 0 Å². The Morgan fingerprint density at radius 2 is 1.73 bits per heavy atom. The van der Waals surface area contributed by atoms with Gasteiger partial charge in [0.05, 0.1) is 0 Å². The summed E-state index contributed by atoms with van der Waals surface area (Å²) in [7, 11) is -4.35. The summed E-state index contributed by atoms with van der Waals surface area (Å²) in [5, 5.41) is 0. The first-order valence-corrected chi connectivity index (χ1v) is 9.22. The molecule has 142 valence electrons. The molecule has 2 rings (SSSR count). The SMILES string of the molecule is C/C=C/C(=O)OCC(=O)N1CCN(S(=O)(=O)c2c(F)cccc2F)CC1. The van der Waals surface area contributed by atoms with Crippen LogP contribution < -0.4 is 0 Å². The molecule has 1 heterocycles. The van der Waals surface area contributed by atoms with Crippen LogP contribution in [-0.2, 0) is 24.3 Å². The summed E-state index contributed by atoms with van der Waals surface area (Å²) < 4.78 is 58.1. The Hall–Kier alpha value is -2.33. The molecule has 1 amide bonds. The topological polar surface area (TPSA) is 84.0 Å². The number of nitrogens with zero attached hydrogens (tertiary/aromatic N) is 2. The molecule has 7 nitrogen and oxygen atoms in total. The van der Waals surface area contributed by atoms with E-state index >= 15 is 0 Å². The fourth-order valence-electron chi connectivity index (χ4n) is 2.44. The van der Waals surface area contributed by atoms with Crippen LogP contribution in [0.1, 0.15) is 6.92 Å². The number of carbonyl (C=O) groups is 2. The van der Waals surface area contributed by atoms with Crippen LogP contribution in [0.3, 0.4) is 0 Å². The number of hydrogen-bond donors (Lipinski definition) is 0. The number of benzene rings is 1. The lowest BCUT2D eigenvalue weighted by molar-refractivity contribution is -0.148. The van der Waals surface area contributed by atoms with Crippen molar-refractivity contribution in [1.82, 2.24) is 9.21 Å². The second-order valence-electron chi connectivity index (χ2n) is 5.44. The van der Waals surface area contributed by atoms with E-state index in [2.05, 4.69) is 0 Å². The van der Waals surface area contributed by atoms with Gasteiger partial charge in [-0.3, -0.25) is 4.79 Å². The minimum Gasteiger partial charge on any atom is -0.452 e. The minimum absolute atomic E-state index is 0.0231. The third-order valence-corrected chi connectivity index (χ3v) is 5.70. The first-order valence-electron chi connectivity index (χ1n) is 7.78. The van der Waals surface area contributed by atoms with Gasteiger partial charge in [0.1, 0.15) is 11.6 Å². The molecule has 0 aliphatic carbocycles. The highest BCUT2D eigenvalue weighted by molar-refractivity contribution is 7.89. The Kier molecular flexibility index (Phi) is 6.43. The lowest BCUT2D eigenvalue weighted by atomic mass is 10.3. The highest BCUT2D eigenvalue weighted by Gasteiger charge is 2.34. The number of rotatable bonds is 5. The zero-order valence-electron chi connectivity index (χ0n) is 14.0. The first-order chi connectivity index (χ1) is 12.3. The third-order valence-electron chi connectivity index (χ3n) is 3.75. The molecule has 1 aromatic carbocycles. The maximum atomic E-state index is 13.8. The van der Waals surface area contributed by atoms with Gasteiger partial charge < -0.3 is 9.64 Å². The molecular weight excluding hydrogens is 370 g/mol. The zero-order valence-corrected chi connectivity index (χ0v) is 14.8. The van der Waals surface area contributed by atoms with Crippen molar-refractivity contribution in [2.75, 3.05) is 32.8 Å². The Morgan fingerprint density at radius 1 is 1.15 bits per heavy atom. The van der Waals surface area contributed by atoms with Crippen LogP contribution in [0, 0.1) is 11.6 Å². The average molecular weight is 388 g/mol. The Balaban J connectivity index is 1.99. The molecule has 1 aliphatic rings. The van der Waals surface area contributed by atoms with Gasteiger partial charge in [0, 0.05) is 32.3 Å². The fourth-order valence-corrected chi connectivity index (χ4v) is 3.98. The number of esters is 1. The van der Waals surface area contributed by atoms with E-state index in [-0.39, 0.29) is 26.2 Å². The number of piperazine rings is 1. The van der Waals surface area contributed by atoms with Gasteiger partial charge in [-0.2, -0.15) is 4.31 Å². The van der Waals surface area contributed by atoms with E-state index in [0.29, 0.717) is 0 Å². The number of amides is 1. The summed E-state index contributed by atoms with van der Waals surface area (Å²) >= 11 is 0. The van der Waals surface area contributed by atoms with Crippen LogP contribution in [0.15, 0.2) is 35.2 Å². The van der Waals surface area contributed by atoms with Crippen molar-refractivity contribution in [3.05, 3.63) is 42.0 Å². The molecule has 0 aromatic heterocycles. The van der Waals surface area contributed by atoms with Crippen LogP contribution in [0.2, 0.25) is 0 Å². The third kappa shape index (κ3) is 4.44. The average Bonchev–Trinajstić information content (AvgIpc) is 2.59. The van der Waals surface area contributed by atoms with Crippen LogP contribution >= 0.6 is 0 Å². The van der Waals surface area contributed by atoms with E-state index in [4.69, 9.17) is 4.74 Å². The number of sulfonamides is 1. The Morgan fingerprint density at radius 3 is 2.27 bits per heavy atom. The standard InChI is InChI=1S/C16H18F2N2O5S/c1-2-4-15(22)25-11-14(21)19-7-9-20(10-8-19)26(23,24)16-12(17)5-3-6-13(16)18/h2-6H,7-11H2,1H3/b4-2+. The quantitative estimate of drug-likeness (QED) is 0.553. The van der Waals surface area contributed by atoms with Crippen molar-refractivity contribution in [1.29, 1.82) is 0 Å². The number of halogens is 2. The summed E-state index contributed by atoms with van der Waals surface area (Å²) in [6.07, 6.45) is 2.64. The zero-order chi connectivity index (χ0) is 19.3. The van der Waals surface area contributed by atoms with Crippen molar-refractivity contribution in [2.24, 2.45) is 0 Å². The highest BCUT2D eigenvalue weighted by atomic mass is 32.2. The maximum absolute atomic E-state index is 13.8. The van der Waals surface area contributed by atoms with Gasteiger partial charge >= 0.3 is 5.97 Å². The number of allylic oxidation sites excluding steroid dienone is 1. The van der Waals surface area contributed by atoms with E-state index in [1.54, 1.807) is 6.92 Å². The molecule has 1 aromatic rings. The Bertz CT molecular complexity index is 798. The van der Waals surface area contributed by atoms with E-state index in [9.17, 15) is 26.8 Å². The Labute approximate surface area is 149 Å². The molecule has 0 N–H and O–H groups in total. The van der Waals surface area contributed by atoms with Gasteiger partial charge in [-0.15, -0.1) is 0 Å². The predicted octanol–water partition coefficient (Wildman–Crippen LogP) is 0.917. The fraction of sp³-hybridized carbons (Fsp3) is 0.375. The predicted molar refractivity (Wildman–Crippen MR) is 87.5 cm³/mol. The molecule has 0 radical (unpaired) electrons. The van der Waals surface area contributed by atoms with Gasteiger partial charge in [0.2, 0.25) is 10.0 Å². The largest absolute Gasteiger partial charge is 0.452 e. The maximum Gasteiger partial charge on any atom is 0.330 e. The van der Waals surface area contributed by atoms with Crippen molar-refractivity contribution in [3.63, 3.8) is 0 Å². The summed E-state index contributed by atoms with van der Waals surface area (Å²) in [5.74, 6) is -3.46. The second kappa shape index (κ2) is 8.37. The lowest BCUT2D eigenvalue weighted by Crippen LogP contribution is -2.51. The van der Waals surface area contributed by atoms with Gasteiger partial charge in [-0.25, -0.2) is 22.0 Å². The molecule has 1 saturated heterocycles. The van der Waals surface area contributed by atoms with Crippen molar-refractivity contribution in [2.45, 2.75) is 11.8 Å². The van der Waals surface area contributed by atoms with Crippen molar-refractivity contribution >= 4 is 21.9 Å². The summed E-state index contributed by atoms with van der Waals surface area (Å²) in [5.41, 5.74) is 0. The second-order valence-corrected chi connectivity index (χ2v) is 7.32. The lowest BCUT2D eigenvalue weighted by Gasteiger charge is -2.33. The molecule has 0 atom stereocenters. The molecule has 0 unspecified atom stereocenters. The van der Waals surface area contributed by atoms with E-state index < -0.39 is 45.0 Å². The normalized spacial score (nSPS) is 16.0. The van der Waals surface area contributed by atoms with Gasteiger partial charge in [0.15, 0.2) is 11.5 Å². The summed E-state index contributed by atoms with van der Waals surface area (Å²) in [4.78, 5) is 23.5. The minimum atomic E-state index is -4.35. The highest BCUT2D eigenvalue weighted by Crippen LogP contribution is 2.23. The molecule has 0 spiro atoms. The molecule has 1 aliphatic heterocycles. The molecule has 0 bridgehead atoms. The molecule has 10 heteroatoms. The summed E-state index contributed by atoms with van der Waals surface area (Å²) in [6, 6.07) is 2.82. The molecule has 26 heavy (non-hydrogen) atoms. The van der Waals surface area contributed by atoms with E-state index in [1.807, 2.05) is 0 Å². The van der Waals surface area contributed by atoms with Crippen molar-refractivity contribution < 1.29 is 31.5 Å². The van der Waals surface area contributed by atoms with Crippen LogP contribution in [0.4, 0.5) is 8.78 Å². The van der Waals surface area contributed by atoms with E-state index in [1.165, 1.54) is 17.1 Å². The number of ether oxygens (including phenoxy) is 1. The van der Waals surface area contributed by atoms with Crippen LogP contribution in [0.25, 0.3) is 0 Å². The van der Waals surface area contributed by atoms with Crippen molar-refractivity contribution in [3.8, 4) is 0 Å². The van der Waals surface area contributed by atoms with Crippen LogP contribution in [-0.4, -0.2) is 62.3 Å². The molecular formula is C16H18F2N2O5S. The van der Waals surface area contributed by atoms with Gasteiger partial charge in [0.25, 0.3) is 5.91 Å². The smallest absolute Gasteiger partial charge is 0.330 e. The van der Waals surface area contributed by atoms with Gasteiger partial charge in [-0.05, 0) is 19.1 Å². The van der Waals surface area contributed by atoms with E-state index in [0.717, 1.165) is 22.5 Å². The summed E-state index contributed by atoms with van der Waals surface area (Å²) in [6.45, 7) is 0.971. The monoisotopic (exact) mass is 388 g/mol.